The summed E-state index contributed by atoms with van der Waals surface area (Å²) in [5.74, 6) is 0. The second kappa shape index (κ2) is 11.4. The van der Waals surface area contributed by atoms with Gasteiger partial charge in [-0.15, -0.1) is 0 Å². The van der Waals surface area contributed by atoms with E-state index in [1.165, 1.54) is 5.56 Å². The van der Waals surface area contributed by atoms with Gasteiger partial charge in [0.25, 0.3) is 0 Å². The largest absolute Gasteiger partial charge is 2.00 e. The van der Waals surface area contributed by atoms with Crippen LogP contribution in [0.1, 0.15) is 37.9 Å². The van der Waals surface area contributed by atoms with Gasteiger partial charge in [0, 0.05) is 34.6 Å². The molecule has 1 aliphatic rings. The van der Waals surface area contributed by atoms with E-state index in [1.54, 1.807) is 18.6 Å². The maximum absolute atomic E-state index is 4.84. The molecule has 0 fully saturated rings. The van der Waals surface area contributed by atoms with Gasteiger partial charge in [-0.1, -0.05) is 67.7 Å². The summed E-state index contributed by atoms with van der Waals surface area (Å²) in [6, 6.07) is 23.9. The van der Waals surface area contributed by atoms with Crippen molar-refractivity contribution in [2.24, 2.45) is 0 Å². The molecule has 0 bridgehead atoms. The average Bonchev–Trinajstić information content (AvgIpc) is 3.63. The molecular formula is C31H27N7Pt. The Morgan fingerprint density at radius 2 is 1.64 bits per heavy atom. The molecular weight excluding hydrogens is 665 g/mol. The number of fused-ring (bicyclic) bond motifs is 2. The topological polar surface area (TPSA) is 92.7 Å². The monoisotopic (exact) mass is 692 g/mol. The first-order valence-corrected chi connectivity index (χ1v) is 12.8. The Balaban J connectivity index is 0.000000236. The van der Waals surface area contributed by atoms with Gasteiger partial charge < -0.3 is 20.4 Å². The van der Waals surface area contributed by atoms with Gasteiger partial charge in [0.15, 0.2) is 0 Å². The van der Waals surface area contributed by atoms with Gasteiger partial charge >= 0.3 is 21.1 Å². The van der Waals surface area contributed by atoms with Crippen LogP contribution in [-0.4, -0.2) is 25.1 Å². The van der Waals surface area contributed by atoms with E-state index in [0.29, 0.717) is 0 Å². The van der Waals surface area contributed by atoms with Crippen LogP contribution in [0, 0.1) is 0 Å². The molecule has 8 heteroatoms. The van der Waals surface area contributed by atoms with Crippen LogP contribution in [0.5, 0.6) is 0 Å². The van der Waals surface area contributed by atoms with Crippen LogP contribution in [-0.2, 0) is 32.9 Å². The molecule has 196 valence electrons. The summed E-state index contributed by atoms with van der Waals surface area (Å²) in [6.07, 6.45) is 8.62. The molecule has 5 aromatic heterocycles. The fourth-order valence-corrected chi connectivity index (χ4v) is 4.94. The Labute approximate surface area is 241 Å². The zero-order chi connectivity index (χ0) is 26.0. The van der Waals surface area contributed by atoms with Gasteiger partial charge in [0.05, 0.1) is 23.1 Å². The summed E-state index contributed by atoms with van der Waals surface area (Å²) < 4.78 is 0. The Morgan fingerprint density at radius 1 is 0.795 bits per heavy atom. The summed E-state index contributed by atoms with van der Waals surface area (Å²) in [5.41, 5.74) is 8.66. The third-order valence-electron chi connectivity index (χ3n) is 6.96. The van der Waals surface area contributed by atoms with Gasteiger partial charge in [-0.25, -0.2) is 0 Å². The Hall–Kier alpha value is -3.96. The molecule has 0 radical (unpaired) electrons. The van der Waals surface area contributed by atoms with Gasteiger partial charge in [-0.05, 0) is 60.7 Å². The molecule has 0 amide bonds. The van der Waals surface area contributed by atoms with E-state index in [4.69, 9.17) is 4.98 Å². The number of nitrogens with zero attached hydrogens (tertiary/aromatic N) is 7. The van der Waals surface area contributed by atoms with E-state index in [9.17, 15) is 0 Å². The molecule has 0 saturated heterocycles. The number of hydrogen-bond acceptors (Lipinski definition) is 5. The van der Waals surface area contributed by atoms with Crippen molar-refractivity contribution in [3.05, 3.63) is 103 Å². The number of pyridine rings is 3. The fourth-order valence-electron chi connectivity index (χ4n) is 4.94. The van der Waals surface area contributed by atoms with Crippen molar-refractivity contribution < 1.29 is 21.1 Å². The summed E-state index contributed by atoms with van der Waals surface area (Å²) in [5, 5.41) is 18.8. The van der Waals surface area contributed by atoms with Gasteiger partial charge in [-0.2, -0.15) is 0 Å². The second-order valence-electron chi connectivity index (χ2n) is 10.1. The first kappa shape index (κ1) is 26.6. The third kappa shape index (κ3) is 5.59. The number of hydrogen-bond donors (Lipinski definition) is 0. The SMILES string of the molecule is CC1(C)CCCc2c1n[n-]c2-c1cccc(-c2cc(-c3ccccc3)n[n-]2)n1.[Pt+2].c1cnc2cnccc2c1. The molecule has 0 aliphatic heterocycles. The number of benzene rings is 1. The second-order valence-corrected chi connectivity index (χ2v) is 10.1. The summed E-state index contributed by atoms with van der Waals surface area (Å²) >= 11 is 0. The van der Waals surface area contributed by atoms with E-state index in [1.807, 2.05) is 72.8 Å². The van der Waals surface area contributed by atoms with Crippen LogP contribution >= 0.6 is 0 Å². The maximum Gasteiger partial charge on any atom is 2.00 e. The van der Waals surface area contributed by atoms with Crippen molar-refractivity contribution >= 4 is 10.9 Å². The molecule has 0 atom stereocenters. The van der Waals surface area contributed by atoms with E-state index >= 15 is 0 Å². The van der Waals surface area contributed by atoms with Crippen molar-refractivity contribution in [3.63, 3.8) is 0 Å². The molecule has 1 aliphatic carbocycles. The molecule has 7 rings (SSSR count). The molecule has 0 N–H and O–H groups in total. The molecule has 0 spiro atoms. The van der Waals surface area contributed by atoms with Crippen molar-refractivity contribution in [1.29, 1.82) is 0 Å². The quantitative estimate of drug-likeness (QED) is 0.224. The minimum atomic E-state index is 0. The summed E-state index contributed by atoms with van der Waals surface area (Å²) in [6.45, 7) is 4.50. The zero-order valence-electron chi connectivity index (χ0n) is 21.7. The van der Waals surface area contributed by atoms with Gasteiger partial charge in [-0.3, -0.25) is 15.0 Å². The molecule has 39 heavy (non-hydrogen) atoms. The first-order chi connectivity index (χ1) is 18.6. The number of rotatable bonds is 3. The van der Waals surface area contributed by atoms with E-state index < -0.39 is 0 Å². The van der Waals surface area contributed by atoms with Crippen molar-refractivity contribution in [3.8, 4) is 34.0 Å². The van der Waals surface area contributed by atoms with Crippen LogP contribution in [0.25, 0.3) is 44.9 Å². The molecule has 7 nitrogen and oxygen atoms in total. The summed E-state index contributed by atoms with van der Waals surface area (Å²) in [4.78, 5) is 12.9. The molecule has 1 aromatic carbocycles. The Morgan fingerprint density at radius 3 is 2.49 bits per heavy atom. The van der Waals surface area contributed by atoms with Crippen molar-refractivity contribution in [1.82, 2.24) is 35.3 Å². The molecule has 0 unspecified atom stereocenters. The van der Waals surface area contributed by atoms with Crippen LogP contribution in [0.4, 0.5) is 0 Å². The minimum Gasteiger partial charge on any atom is -0.573 e. The summed E-state index contributed by atoms with van der Waals surface area (Å²) in [7, 11) is 0. The zero-order valence-corrected chi connectivity index (χ0v) is 24.0. The smallest absolute Gasteiger partial charge is 0.573 e. The predicted molar refractivity (Wildman–Crippen MR) is 148 cm³/mol. The maximum atomic E-state index is 4.84. The van der Waals surface area contributed by atoms with E-state index in [-0.39, 0.29) is 26.5 Å². The number of aromatic nitrogens is 7. The van der Waals surface area contributed by atoms with Crippen LogP contribution in [0.2, 0.25) is 0 Å². The van der Waals surface area contributed by atoms with Crippen LogP contribution in [0.3, 0.4) is 0 Å². The first-order valence-electron chi connectivity index (χ1n) is 12.8. The average molecular weight is 693 g/mol. The standard InChI is InChI=1S/C23H21N5.C8H6N2.Pt/c1-23(2)13-7-10-16-21(27-28-22(16)23)18-12-6-11-17(24-18)20-14-19(25-26-20)15-8-4-3-5-9-15;1-2-7-3-5-9-6-8(7)10-4-1;/h3-6,8-9,11-12,14H,7,10,13H2,1-2H3;1-6H;/q-2;;+2. The van der Waals surface area contributed by atoms with Crippen molar-refractivity contribution in [2.45, 2.75) is 38.5 Å². The molecule has 5 heterocycles. The Bertz CT molecular complexity index is 1620. The van der Waals surface area contributed by atoms with Crippen LogP contribution in [0.15, 0.2) is 91.4 Å². The third-order valence-corrected chi connectivity index (χ3v) is 6.96. The van der Waals surface area contributed by atoms with E-state index in [2.05, 4.69) is 44.2 Å². The van der Waals surface area contributed by atoms with Gasteiger partial charge in [0.2, 0.25) is 0 Å². The Kier molecular flexibility index (Phi) is 7.80. The normalized spacial score (nSPS) is 13.6. The van der Waals surface area contributed by atoms with Crippen LogP contribution < -0.4 is 10.2 Å². The molecule has 6 aromatic rings. The predicted octanol–water partition coefficient (Wildman–Crippen LogP) is 6.03. The molecule has 0 saturated carbocycles. The van der Waals surface area contributed by atoms with E-state index in [0.717, 1.165) is 69.9 Å². The minimum absolute atomic E-state index is 0. The van der Waals surface area contributed by atoms with Gasteiger partial charge in [0.1, 0.15) is 0 Å². The fraction of sp³-hybridized carbons (Fsp3) is 0.194. The van der Waals surface area contributed by atoms with Crippen molar-refractivity contribution in [2.75, 3.05) is 0 Å².